The Bertz CT molecular complexity index is 1110. The van der Waals surface area contributed by atoms with Gasteiger partial charge in [-0.2, -0.15) is 0 Å². The Balaban J connectivity index is 1.30. The van der Waals surface area contributed by atoms with E-state index in [0.717, 1.165) is 66.7 Å². The molecule has 1 aliphatic rings. The highest BCUT2D eigenvalue weighted by Crippen LogP contribution is 2.33. The fourth-order valence-corrected chi connectivity index (χ4v) is 5.18. The molecule has 0 unspecified atom stereocenters. The molecular formula is C28H35N3O4. The van der Waals surface area contributed by atoms with Crippen molar-refractivity contribution < 1.29 is 19.7 Å². The number of likely N-dealkylation sites (tertiary alicyclic amines) is 1. The number of aliphatic carboxylic acids is 1. The smallest absolute Gasteiger partial charge is 0.308 e. The highest BCUT2D eigenvalue weighted by Gasteiger charge is 2.34. The number of methoxy groups -OCH3 is 1. The van der Waals surface area contributed by atoms with Gasteiger partial charge in [0.15, 0.2) is 0 Å². The van der Waals surface area contributed by atoms with Crippen molar-refractivity contribution in [2.24, 2.45) is 11.8 Å². The minimum atomic E-state index is -0.734. The molecule has 1 saturated heterocycles. The van der Waals surface area contributed by atoms with Crippen LogP contribution in [0.25, 0.3) is 10.9 Å². The summed E-state index contributed by atoms with van der Waals surface area (Å²) in [5, 5.41) is 21.8. The maximum atomic E-state index is 12.1. The molecular weight excluding hydrogens is 442 g/mol. The standard InChI is InChI=1S/C28H35N3O4/c1-35-22-9-10-26-24(18-22)23(12-15-30-26)27(32)11-8-20-13-17-31(19-25(20)28(33)34)16-5-3-7-21-6-2-4-14-29-21/h2,4,6,9-10,12,14-15,18,20,25,27,32H,3,5,7-8,11,13,16-17,19H2,1H3,(H,33,34)/t20-,25+,27+/m1/s1. The number of carboxylic acid groups (broad SMARTS) is 1. The minimum Gasteiger partial charge on any atom is -0.497 e. The van der Waals surface area contributed by atoms with Crippen LogP contribution in [0, 0.1) is 11.8 Å². The molecule has 7 nitrogen and oxygen atoms in total. The van der Waals surface area contributed by atoms with E-state index in [-0.39, 0.29) is 5.92 Å². The lowest BCUT2D eigenvalue weighted by molar-refractivity contribution is -0.146. The van der Waals surface area contributed by atoms with Gasteiger partial charge in [0.1, 0.15) is 5.75 Å². The van der Waals surface area contributed by atoms with Crippen molar-refractivity contribution in [2.45, 2.75) is 44.6 Å². The van der Waals surface area contributed by atoms with Gasteiger partial charge in [-0.15, -0.1) is 0 Å². The zero-order chi connectivity index (χ0) is 24.6. The maximum Gasteiger partial charge on any atom is 0.308 e. The Hall–Kier alpha value is -3.03. The van der Waals surface area contributed by atoms with E-state index >= 15 is 0 Å². The summed E-state index contributed by atoms with van der Waals surface area (Å²) in [4.78, 5) is 23.1. The Morgan fingerprint density at radius 1 is 1.17 bits per heavy atom. The fourth-order valence-electron chi connectivity index (χ4n) is 5.18. The first-order chi connectivity index (χ1) is 17.0. The van der Waals surface area contributed by atoms with Gasteiger partial charge in [0, 0.05) is 30.0 Å². The van der Waals surface area contributed by atoms with Gasteiger partial charge in [0.05, 0.1) is 24.6 Å². The summed E-state index contributed by atoms with van der Waals surface area (Å²) in [6.07, 6.45) is 7.93. The van der Waals surface area contributed by atoms with Gasteiger partial charge in [-0.25, -0.2) is 0 Å². The molecule has 3 atom stereocenters. The van der Waals surface area contributed by atoms with E-state index in [4.69, 9.17) is 4.74 Å². The summed E-state index contributed by atoms with van der Waals surface area (Å²) in [6, 6.07) is 13.5. The van der Waals surface area contributed by atoms with Crippen LogP contribution in [-0.2, 0) is 11.2 Å². The number of piperidine rings is 1. The molecule has 0 aliphatic carbocycles. The highest BCUT2D eigenvalue weighted by molar-refractivity contribution is 5.83. The van der Waals surface area contributed by atoms with E-state index in [1.165, 1.54) is 0 Å². The quantitative estimate of drug-likeness (QED) is 0.393. The Morgan fingerprint density at radius 2 is 2.06 bits per heavy atom. The van der Waals surface area contributed by atoms with Crippen molar-refractivity contribution in [3.63, 3.8) is 0 Å². The number of pyridine rings is 2. The van der Waals surface area contributed by atoms with E-state index in [2.05, 4.69) is 14.9 Å². The number of benzene rings is 1. The molecule has 1 fully saturated rings. The van der Waals surface area contributed by atoms with Crippen molar-refractivity contribution in [3.8, 4) is 5.75 Å². The van der Waals surface area contributed by atoms with Gasteiger partial charge >= 0.3 is 5.97 Å². The Morgan fingerprint density at radius 3 is 2.83 bits per heavy atom. The second-order valence-electron chi connectivity index (χ2n) is 9.45. The summed E-state index contributed by atoms with van der Waals surface area (Å²) in [5.41, 5.74) is 2.72. The first kappa shape index (κ1) is 25.1. The molecule has 2 N–H and O–H groups in total. The minimum absolute atomic E-state index is 0.0644. The number of aromatic nitrogens is 2. The molecule has 0 radical (unpaired) electrons. The van der Waals surface area contributed by atoms with Gasteiger partial charge in [0.25, 0.3) is 0 Å². The van der Waals surface area contributed by atoms with Crippen LogP contribution >= 0.6 is 0 Å². The monoisotopic (exact) mass is 477 g/mol. The molecule has 3 aromatic rings. The van der Waals surface area contributed by atoms with Gasteiger partial charge in [0.2, 0.25) is 0 Å². The van der Waals surface area contributed by atoms with E-state index in [1.807, 2.05) is 48.7 Å². The van der Waals surface area contributed by atoms with Crippen molar-refractivity contribution >= 4 is 16.9 Å². The van der Waals surface area contributed by atoms with E-state index in [9.17, 15) is 15.0 Å². The predicted molar refractivity (Wildman–Crippen MR) is 135 cm³/mol. The topological polar surface area (TPSA) is 95.8 Å². The molecule has 35 heavy (non-hydrogen) atoms. The molecule has 4 rings (SSSR count). The van der Waals surface area contributed by atoms with Crippen LogP contribution in [0.1, 0.15) is 49.5 Å². The van der Waals surface area contributed by atoms with E-state index in [1.54, 1.807) is 13.3 Å². The number of nitrogens with zero attached hydrogens (tertiary/aromatic N) is 3. The number of hydrogen-bond donors (Lipinski definition) is 2. The zero-order valence-corrected chi connectivity index (χ0v) is 20.3. The third kappa shape index (κ3) is 6.55. The average molecular weight is 478 g/mol. The summed E-state index contributed by atoms with van der Waals surface area (Å²) in [7, 11) is 1.62. The van der Waals surface area contributed by atoms with Crippen molar-refractivity contribution in [1.82, 2.24) is 14.9 Å². The lowest BCUT2D eigenvalue weighted by atomic mass is 9.81. The lowest BCUT2D eigenvalue weighted by Crippen LogP contribution is -2.44. The molecule has 0 bridgehead atoms. The van der Waals surface area contributed by atoms with Crippen LogP contribution in [0.15, 0.2) is 54.9 Å². The second-order valence-corrected chi connectivity index (χ2v) is 9.45. The summed E-state index contributed by atoms with van der Waals surface area (Å²) in [6.45, 7) is 2.40. The lowest BCUT2D eigenvalue weighted by Gasteiger charge is -2.37. The third-order valence-electron chi connectivity index (χ3n) is 7.19. The first-order valence-corrected chi connectivity index (χ1v) is 12.5. The number of aryl methyl sites for hydroxylation is 1. The third-order valence-corrected chi connectivity index (χ3v) is 7.19. The first-order valence-electron chi connectivity index (χ1n) is 12.5. The van der Waals surface area contributed by atoms with Crippen LogP contribution in [-0.4, -0.2) is 57.8 Å². The van der Waals surface area contributed by atoms with Crippen LogP contribution in [0.5, 0.6) is 5.75 Å². The summed E-state index contributed by atoms with van der Waals surface area (Å²) < 4.78 is 5.34. The van der Waals surface area contributed by atoms with Crippen LogP contribution in [0.2, 0.25) is 0 Å². The van der Waals surface area contributed by atoms with Crippen molar-refractivity contribution in [1.29, 1.82) is 0 Å². The Kier molecular flexibility index (Phi) is 8.66. The fraction of sp³-hybridized carbons (Fsp3) is 0.464. The number of unbranched alkanes of at least 4 members (excludes halogenated alkanes) is 1. The largest absolute Gasteiger partial charge is 0.497 e. The predicted octanol–water partition coefficient (Wildman–Crippen LogP) is 4.50. The highest BCUT2D eigenvalue weighted by atomic mass is 16.5. The summed E-state index contributed by atoms with van der Waals surface area (Å²) in [5.74, 6) is -0.352. The number of rotatable bonds is 11. The maximum absolute atomic E-state index is 12.1. The molecule has 0 spiro atoms. The van der Waals surface area contributed by atoms with Gasteiger partial charge in [-0.1, -0.05) is 6.07 Å². The molecule has 7 heteroatoms. The second kappa shape index (κ2) is 12.1. The van der Waals surface area contributed by atoms with Crippen LogP contribution in [0.3, 0.4) is 0 Å². The number of aliphatic hydroxyl groups is 1. The molecule has 2 aromatic heterocycles. The molecule has 186 valence electrons. The molecule has 0 saturated carbocycles. The zero-order valence-electron chi connectivity index (χ0n) is 20.3. The number of fused-ring (bicyclic) bond motifs is 1. The number of aliphatic hydroxyl groups excluding tert-OH is 1. The molecule has 1 aromatic carbocycles. The number of hydrogen-bond acceptors (Lipinski definition) is 6. The van der Waals surface area contributed by atoms with Gasteiger partial charge in [-0.05, 0) is 99.5 Å². The average Bonchev–Trinajstić information content (AvgIpc) is 2.89. The number of carboxylic acids is 1. The number of carbonyl (C=O) groups is 1. The van der Waals surface area contributed by atoms with E-state index in [0.29, 0.717) is 19.4 Å². The van der Waals surface area contributed by atoms with Crippen molar-refractivity contribution in [3.05, 3.63) is 66.1 Å². The van der Waals surface area contributed by atoms with Crippen molar-refractivity contribution in [2.75, 3.05) is 26.7 Å². The Labute approximate surface area is 206 Å². The normalized spacial score (nSPS) is 19.5. The van der Waals surface area contributed by atoms with Crippen LogP contribution < -0.4 is 4.74 Å². The molecule has 1 aliphatic heterocycles. The summed E-state index contributed by atoms with van der Waals surface area (Å²) >= 11 is 0. The van der Waals surface area contributed by atoms with Gasteiger partial charge < -0.3 is 19.8 Å². The SMILES string of the molecule is COc1ccc2nccc([C@@H](O)CC[C@@H]3CCN(CCCCc4ccccn4)C[C@@H]3C(=O)O)c2c1. The molecule has 3 heterocycles. The van der Waals surface area contributed by atoms with Crippen LogP contribution in [0.4, 0.5) is 0 Å². The molecule has 0 amide bonds. The number of ether oxygens (including phenoxy) is 1. The van der Waals surface area contributed by atoms with E-state index < -0.39 is 18.0 Å². The van der Waals surface area contributed by atoms with Gasteiger partial charge in [-0.3, -0.25) is 14.8 Å².